The number of nitrogens with zero attached hydrogens (tertiary/aromatic N) is 1. The molecular weight excluding hydrogens is 1010 g/mol. The number of esters is 2. The molecule has 2 atom stereocenters. The predicted octanol–water partition coefficient (Wildman–Crippen LogP) is 15.8. The molecule has 81 heavy (non-hydrogen) atoms. The van der Waals surface area contributed by atoms with Gasteiger partial charge in [-0.15, -0.1) is 0 Å². The van der Waals surface area contributed by atoms with Crippen LogP contribution in [0.3, 0.4) is 0 Å². The molecule has 10 heteroatoms. The van der Waals surface area contributed by atoms with Crippen LogP contribution in [0.25, 0.3) is 28.0 Å². The van der Waals surface area contributed by atoms with Gasteiger partial charge in [-0.25, -0.2) is 14.0 Å². The lowest BCUT2D eigenvalue weighted by atomic mass is 9.72. The van der Waals surface area contributed by atoms with Gasteiger partial charge >= 0.3 is 11.9 Å². The third-order valence-corrected chi connectivity index (χ3v) is 17.5. The SMILES string of the molecule is CCCCCC1CCC(c2ccc(C(=O)Oc3ccc(-c4cc5c(cc4OC)C4OC(c6ccc(N7CCNCC7)cc6)=C(c6ccc(F)cc6)C(OC(=O)c6ccccc6)=C4C4=C5c5ccccc5C4(CC)OC)cc3)cc2)CC1. The van der Waals surface area contributed by atoms with Crippen molar-refractivity contribution in [3.05, 3.63) is 237 Å². The summed E-state index contributed by atoms with van der Waals surface area (Å²) in [6, 6.07) is 51.5. The van der Waals surface area contributed by atoms with E-state index in [2.05, 4.69) is 66.5 Å². The van der Waals surface area contributed by atoms with Crippen molar-refractivity contribution < 1.29 is 37.7 Å². The van der Waals surface area contributed by atoms with E-state index in [9.17, 15) is 9.59 Å². The number of methoxy groups -OCH3 is 2. The predicted molar refractivity (Wildman–Crippen MR) is 318 cm³/mol. The molecule has 2 fully saturated rings. The maximum absolute atomic E-state index is 15.0. The number of nitrogens with one attached hydrogen (secondary N) is 1. The topological polar surface area (TPSA) is 95.6 Å². The monoisotopic (exact) mass is 1080 g/mol. The molecule has 0 spiro atoms. The molecule has 2 heterocycles. The van der Waals surface area contributed by atoms with Crippen LogP contribution in [0.4, 0.5) is 10.1 Å². The number of hydrogen-bond donors (Lipinski definition) is 1. The van der Waals surface area contributed by atoms with E-state index in [0.29, 0.717) is 57.4 Å². The van der Waals surface area contributed by atoms with E-state index in [1.165, 1.54) is 69.1 Å². The van der Waals surface area contributed by atoms with Crippen molar-refractivity contribution >= 4 is 34.5 Å². The molecule has 3 aliphatic carbocycles. The lowest BCUT2D eigenvalue weighted by molar-refractivity contribution is 0.0158. The van der Waals surface area contributed by atoms with Crippen LogP contribution in [-0.4, -0.2) is 52.3 Å². The quantitative estimate of drug-likeness (QED) is 0.0577. The second kappa shape index (κ2) is 23.2. The van der Waals surface area contributed by atoms with E-state index in [1.807, 2.05) is 84.9 Å². The molecule has 412 valence electrons. The highest BCUT2D eigenvalue weighted by Crippen LogP contribution is 2.64. The van der Waals surface area contributed by atoms with Crippen molar-refractivity contribution in [2.45, 2.75) is 89.3 Å². The number of benzene rings is 7. The lowest BCUT2D eigenvalue weighted by Crippen LogP contribution is -2.43. The van der Waals surface area contributed by atoms with Gasteiger partial charge in [0.1, 0.15) is 28.7 Å². The van der Waals surface area contributed by atoms with E-state index >= 15 is 4.39 Å². The Morgan fingerprint density at radius 3 is 2.02 bits per heavy atom. The fraction of sp³-hybridized carbons (Fsp3) is 0.296. The summed E-state index contributed by atoms with van der Waals surface area (Å²) in [5, 5.41) is 3.45. The normalized spacial score (nSPS) is 20.2. The number of hydrogen-bond acceptors (Lipinski definition) is 9. The molecule has 0 radical (unpaired) electrons. The maximum atomic E-state index is 15.0. The standard InChI is InChI=1S/C71H69FN2O7/c1-5-7-9-14-45-19-21-46(22-20-45)47-23-25-52(26-24-47)69(75)79-55-37-31-48(32-38-55)57-43-58-59(44-61(57)77-3)67-64(65-63(58)56-17-12-13-18-60(56)71(65,6-2)78-4)68(81-70(76)51-15-10-8-11-16-51)62(49-27-33-53(72)34-28-49)66(80-67)50-29-35-54(36-30-50)74-41-39-73-40-42-74/h8,10-13,15-18,23-38,43-46,67,73H,5-7,9,14,19-22,39-42H2,1-4H3. The Balaban J connectivity index is 0.961. The van der Waals surface area contributed by atoms with Crippen molar-refractivity contribution in [3.63, 3.8) is 0 Å². The number of piperazine rings is 1. The fourth-order valence-corrected chi connectivity index (χ4v) is 13.3. The number of allylic oxidation sites excluding steroid dienone is 1. The first-order valence-corrected chi connectivity index (χ1v) is 29.0. The lowest BCUT2D eigenvalue weighted by Gasteiger charge is -2.42. The summed E-state index contributed by atoms with van der Waals surface area (Å²) < 4.78 is 48.7. The highest BCUT2D eigenvalue weighted by molar-refractivity contribution is 6.04. The van der Waals surface area contributed by atoms with Crippen LogP contribution in [-0.2, 0) is 19.8 Å². The average Bonchev–Trinajstić information content (AvgIpc) is 3.04. The van der Waals surface area contributed by atoms with E-state index in [1.54, 1.807) is 38.5 Å². The Hall–Kier alpha value is -8.05. The summed E-state index contributed by atoms with van der Waals surface area (Å²) >= 11 is 0. The van der Waals surface area contributed by atoms with Crippen LogP contribution in [0.5, 0.6) is 11.5 Å². The molecule has 5 aliphatic rings. The van der Waals surface area contributed by atoms with Crippen LogP contribution in [0, 0.1) is 11.7 Å². The molecule has 7 aromatic carbocycles. The van der Waals surface area contributed by atoms with Crippen LogP contribution in [0.15, 0.2) is 181 Å². The second-order valence-electron chi connectivity index (χ2n) is 22.1. The van der Waals surface area contributed by atoms with Gasteiger partial charge in [0.2, 0.25) is 0 Å². The van der Waals surface area contributed by atoms with Gasteiger partial charge < -0.3 is 33.9 Å². The number of rotatable bonds is 16. The Morgan fingerprint density at radius 1 is 0.667 bits per heavy atom. The minimum atomic E-state index is -1.03. The molecular formula is C71H69FN2O7. The minimum Gasteiger partial charge on any atom is -0.496 e. The van der Waals surface area contributed by atoms with Crippen LogP contribution in [0.1, 0.15) is 143 Å². The summed E-state index contributed by atoms with van der Waals surface area (Å²) in [5.41, 5.74) is 11.7. The molecule has 9 nitrogen and oxygen atoms in total. The summed E-state index contributed by atoms with van der Waals surface area (Å²) in [4.78, 5) is 30.8. The number of carbonyl (C=O) groups is 2. The molecule has 2 unspecified atom stereocenters. The smallest absolute Gasteiger partial charge is 0.343 e. The molecule has 12 rings (SSSR count). The molecule has 1 saturated heterocycles. The number of carbonyl (C=O) groups excluding carboxylic acids is 2. The van der Waals surface area contributed by atoms with Gasteiger partial charge in [-0.1, -0.05) is 118 Å². The number of anilines is 1. The van der Waals surface area contributed by atoms with E-state index in [-0.39, 0.29) is 5.76 Å². The Kier molecular flexibility index (Phi) is 15.3. The first-order valence-electron chi connectivity index (χ1n) is 29.0. The first-order chi connectivity index (χ1) is 39.7. The summed E-state index contributed by atoms with van der Waals surface area (Å²) in [7, 11) is 3.38. The van der Waals surface area contributed by atoms with Gasteiger partial charge in [-0.05, 0) is 168 Å². The number of halogens is 1. The van der Waals surface area contributed by atoms with E-state index in [0.717, 1.165) is 87.9 Å². The number of ether oxygens (including phenoxy) is 5. The zero-order valence-corrected chi connectivity index (χ0v) is 46.7. The summed E-state index contributed by atoms with van der Waals surface area (Å²) in [6.07, 6.45) is 9.88. The Bertz CT molecular complexity index is 3550. The average molecular weight is 1080 g/mol. The second-order valence-corrected chi connectivity index (χ2v) is 22.1. The zero-order chi connectivity index (χ0) is 55.6. The third kappa shape index (κ3) is 10.2. The minimum absolute atomic E-state index is 0.285. The van der Waals surface area contributed by atoms with Crippen molar-refractivity contribution in [3.8, 4) is 22.6 Å². The largest absolute Gasteiger partial charge is 0.496 e. The number of unbranched alkanes of at least 4 members (excludes halogenated alkanes) is 2. The summed E-state index contributed by atoms with van der Waals surface area (Å²) in [5.74, 6) is 1.75. The van der Waals surface area contributed by atoms with Crippen molar-refractivity contribution in [1.82, 2.24) is 5.32 Å². The fourth-order valence-electron chi connectivity index (χ4n) is 13.3. The number of fused-ring (bicyclic) bond motifs is 7. The third-order valence-electron chi connectivity index (χ3n) is 17.5. The highest BCUT2D eigenvalue weighted by atomic mass is 19.1. The van der Waals surface area contributed by atoms with Crippen molar-refractivity contribution in [1.29, 1.82) is 0 Å². The van der Waals surface area contributed by atoms with Crippen LogP contribution < -0.4 is 19.7 Å². The van der Waals surface area contributed by atoms with Gasteiger partial charge in [0.25, 0.3) is 0 Å². The van der Waals surface area contributed by atoms with Gasteiger partial charge in [0.15, 0.2) is 11.9 Å². The molecule has 0 amide bonds. The van der Waals surface area contributed by atoms with Gasteiger partial charge in [-0.3, -0.25) is 0 Å². The van der Waals surface area contributed by atoms with Gasteiger partial charge in [-0.2, -0.15) is 0 Å². The van der Waals surface area contributed by atoms with Crippen LogP contribution in [0.2, 0.25) is 0 Å². The van der Waals surface area contributed by atoms with E-state index in [4.69, 9.17) is 23.7 Å². The maximum Gasteiger partial charge on any atom is 0.343 e. The molecule has 1 N–H and O–H groups in total. The van der Waals surface area contributed by atoms with Gasteiger partial charge in [0, 0.05) is 66.8 Å². The molecule has 0 bridgehead atoms. The summed E-state index contributed by atoms with van der Waals surface area (Å²) in [6.45, 7) is 7.90. The molecule has 1 saturated carbocycles. The highest BCUT2D eigenvalue weighted by Gasteiger charge is 2.54. The van der Waals surface area contributed by atoms with Crippen LogP contribution >= 0.6 is 0 Å². The Morgan fingerprint density at radius 2 is 1.33 bits per heavy atom. The molecule has 0 aromatic heterocycles. The zero-order valence-electron chi connectivity index (χ0n) is 46.7. The Labute approximate surface area is 475 Å². The van der Waals surface area contributed by atoms with Crippen molar-refractivity contribution in [2.75, 3.05) is 45.3 Å². The van der Waals surface area contributed by atoms with E-state index < -0.39 is 29.5 Å². The molecule has 2 aliphatic heterocycles. The van der Waals surface area contributed by atoms with Gasteiger partial charge in [0.05, 0.1) is 23.8 Å². The molecule has 7 aromatic rings. The first kappa shape index (κ1) is 53.6. The van der Waals surface area contributed by atoms with Crippen molar-refractivity contribution in [2.24, 2.45) is 5.92 Å².